The van der Waals surface area contributed by atoms with E-state index in [0.29, 0.717) is 5.82 Å². The molecule has 0 N–H and O–H groups in total. The Bertz CT molecular complexity index is 808. The normalized spacial score (nSPS) is 10.8. The molecule has 0 bridgehead atoms. The lowest BCUT2D eigenvalue weighted by Gasteiger charge is -2.11. The molecule has 0 fully saturated rings. The predicted octanol–water partition coefficient (Wildman–Crippen LogP) is 2.37. The van der Waals surface area contributed by atoms with Crippen LogP contribution in [0.15, 0.2) is 42.6 Å². The number of aromatic nitrogens is 3. The molecular formula is C14H13N5O2. The van der Waals surface area contributed by atoms with E-state index in [1.54, 1.807) is 12.3 Å². The predicted molar refractivity (Wildman–Crippen MR) is 79.4 cm³/mol. The van der Waals surface area contributed by atoms with E-state index in [2.05, 4.69) is 10.1 Å². The first-order valence-corrected chi connectivity index (χ1v) is 6.34. The molecule has 0 aliphatic carbocycles. The third kappa shape index (κ3) is 2.29. The molecule has 2 aromatic heterocycles. The zero-order valence-electron chi connectivity index (χ0n) is 11.6. The highest BCUT2D eigenvalue weighted by molar-refractivity contribution is 5.66. The Labute approximate surface area is 120 Å². The summed E-state index contributed by atoms with van der Waals surface area (Å²) in [7, 11) is 3.92. The molecule has 0 spiro atoms. The molecule has 0 saturated heterocycles. The Morgan fingerprint density at radius 3 is 2.52 bits per heavy atom. The Kier molecular flexibility index (Phi) is 3.02. The highest BCUT2D eigenvalue weighted by Gasteiger charge is 2.16. The lowest BCUT2D eigenvalue weighted by Crippen LogP contribution is -2.07. The second kappa shape index (κ2) is 4.86. The van der Waals surface area contributed by atoms with Gasteiger partial charge in [-0.2, -0.15) is 0 Å². The lowest BCUT2D eigenvalue weighted by atomic mass is 10.2. The molecule has 106 valence electrons. The molecule has 7 nitrogen and oxygen atoms in total. The number of hydrogen-bond acceptors (Lipinski definition) is 5. The first-order valence-electron chi connectivity index (χ1n) is 6.34. The zero-order chi connectivity index (χ0) is 15.0. The third-order valence-electron chi connectivity index (χ3n) is 3.18. The summed E-state index contributed by atoms with van der Waals surface area (Å²) < 4.78 is 1.42. The van der Waals surface area contributed by atoms with Gasteiger partial charge < -0.3 is 4.90 Å². The average molecular weight is 283 g/mol. The number of anilines is 1. The van der Waals surface area contributed by atoms with Crippen molar-refractivity contribution in [2.45, 2.75) is 0 Å². The van der Waals surface area contributed by atoms with Crippen molar-refractivity contribution in [2.75, 3.05) is 19.0 Å². The first kappa shape index (κ1) is 13.0. The van der Waals surface area contributed by atoms with Gasteiger partial charge in [0.1, 0.15) is 0 Å². The number of rotatable bonds is 3. The van der Waals surface area contributed by atoms with E-state index in [1.807, 2.05) is 43.3 Å². The molecule has 0 aliphatic heterocycles. The van der Waals surface area contributed by atoms with E-state index in [9.17, 15) is 10.1 Å². The van der Waals surface area contributed by atoms with Gasteiger partial charge in [0.2, 0.25) is 5.65 Å². The van der Waals surface area contributed by atoms with Crippen LogP contribution in [0.2, 0.25) is 0 Å². The highest BCUT2D eigenvalue weighted by atomic mass is 16.6. The molecule has 0 amide bonds. The van der Waals surface area contributed by atoms with Crippen molar-refractivity contribution in [3.05, 3.63) is 52.7 Å². The monoisotopic (exact) mass is 283 g/mol. The van der Waals surface area contributed by atoms with Crippen molar-refractivity contribution >= 4 is 17.0 Å². The fraction of sp³-hybridized carbons (Fsp3) is 0.143. The second-order valence-corrected chi connectivity index (χ2v) is 4.80. The van der Waals surface area contributed by atoms with E-state index in [4.69, 9.17) is 0 Å². The van der Waals surface area contributed by atoms with E-state index in [-0.39, 0.29) is 11.3 Å². The van der Waals surface area contributed by atoms with Crippen molar-refractivity contribution in [3.63, 3.8) is 0 Å². The minimum absolute atomic E-state index is 0.0545. The standard InChI is InChI=1S/C14H13N5O2/c1-17(2)11-7-5-10(6-8-11)13-15-14-12(19(20)21)4-3-9-18(14)16-13/h3-9H,1-2H3. The molecule has 0 atom stereocenters. The van der Waals surface area contributed by atoms with Crippen LogP contribution in [-0.4, -0.2) is 33.6 Å². The van der Waals surface area contributed by atoms with Crippen LogP contribution in [0.5, 0.6) is 0 Å². The number of nitro groups is 1. The van der Waals surface area contributed by atoms with Crippen LogP contribution in [0.3, 0.4) is 0 Å². The lowest BCUT2D eigenvalue weighted by molar-refractivity contribution is -0.383. The number of nitrogens with zero attached hydrogens (tertiary/aromatic N) is 5. The third-order valence-corrected chi connectivity index (χ3v) is 3.18. The number of fused-ring (bicyclic) bond motifs is 1. The summed E-state index contributed by atoms with van der Waals surface area (Å²) in [5.41, 5.74) is 2.07. The van der Waals surface area contributed by atoms with Crippen LogP contribution < -0.4 is 4.90 Å². The van der Waals surface area contributed by atoms with Crippen LogP contribution >= 0.6 is 0 Å². The fourth-order valence-electron chi connectivity index (χ4n) is 2.07. The fourth-order valence-corrected chi connectivity index (χ4v) is 2.07. The van der Waals surface area contributed by atoms with Crippen LogP contribution in [0.25, 0.3) is 17.0 Å². The summed E-state index contributed by atoms with van der Waals surface area (Å²) in [6.45, 7) is 0. The number of hydrogen-bond donors (Lipinski definition) is 0. The van der Waals surface area contributed by atoms with Crippen molar-refractivity contribution in [1.82, 2.24) is 14.6 Å². The largest absolute Gasteiger partial charge is 0.378 e. The molecule has 0 radical (unpaired) electrons. The summed E-state index contributed by atoms with van der Waals surface area (Å²) >= 11 is 0. The SMILES string of the molecule is CN(C)c1ccc(-c2nc3c([N+](=O)[O-])cccn3n2)cc1. The average Bonchev–Trinajstić information content (AvgIpc) is 2.90. The number of pyridine rings is 1. The summed E-state index contributed by atoms with van der Waals surface area (Å²) in [6, 6.07) is 10.7. The quantitative estimate of drug-likeness (QED) is 0.545. The van der Waals surface area contributed by atoms with Gasteiger partial charge in [-0.15, -0.1) is 5.10 Å². The minimum atomic E-state index is -0.455. The van der Waals surface area contributed by atoms with Crippen LogP contribution in [-0.2, 0) is 0 Å². The summed E-state index contributed by atoms with van der Waals surface area (Å²) in [4.78, 5) is 16.8. The molecule has 21 heavy (non-hydrogen) atoms. The van der Waals surface area contributed by atoms with Crippen molar-refractivity contribution < 1.29 is 4.92 Å². The molecular weight excluding hydrogens is 270 g/mol. The Hall–Kier alpha value is -2.96. The van der Waals surface area contributed by atoms with Gasteiger partial charge in [0.05, 0.1) is 4.92 Å². The topological polar surface area (TPSA) is 76.6 Å². The molecule has 7 heteroatoms. The van der Waals surface area contributed by atoms with Gasteiger partial charge in [-0.25, -0.2) is 9.50 Å². The van der Waals surface area contributed by atoms with E-state index < -0.39 is 4.92 Å². The Morgan fingerprint density at radius 2 is 1.90 bits per heavy atom. The van der Waals surface area contributed by atoms with Crippen LogP contribution in [0, 0.1) is 10.1 Å². The first-order chi connectivity index (χ1) is 10.1. The molecule has 0 aliphatic rings. The van der Waals surface area contributed by atoms with E-state index in [0.717, 1.165) is 11.3 Å². The molecule has 2 heterocycles. The van der Waals surface area contributed by atoms with Crippen molar-refractivity contribution in [1.29, 1.82) is 0 Å². The molecule has 0 unspecified atom stereocenters. The highest BCUT2D eigenvalue weighted by Crippen LogP contribution is 2.23. The smallest absolute Gasteiger partial charge is 0.313 e. The summed E-state index contributed by atoms with van der Waals surface area (Å²) in [6.07, 6.45) is 1.65. The molecule has 3 rings (SSSR count). The van der Waals surface area contributed by atoms with Gasteiger partial charge in [0, 0.05) is 37.6 Å². The van der Waals surface area contributed by atoms with E-state index in [1.165, 1.54) is 10.6 Å². The maximum Gasteiger partial charge on any atom is 0.313 e. The van der Waals surface area contributed by atoms with E-state index >= 15 is 0 Å². The van der Waals surface area contributed by atoms with Gasteiger partial charge in [-0.05, 0) is 30.3 Å². The number of benzene rings is 1. The second-order valence-electron chi connectivity index (χ2n) is 4.80. The van der Waals surface area contributed by atoms with Gasteiger partial charge in [-0.1, -0.05) is 0 Å². The Morgan fingerprint density at radius 1 is 1.19 bits per heavy atom. The molecule has 3 aromatic rings. The van der Waals surface area contributed by atoms with Gasteiger partial charge in [0.15, 0.2) is 5.82 Å². The van der Waals surface area contributed by atoms with Gasteiger partial charge >= 0.3 is 5.69 Å². The zero-order valence-corrected chi connectivity index (χ0v) is 11.6. The summed E-state index contributed by atoms with van der Waals surface area (Å²) in [5.74, 6) is 0.467. The minimum Gasteiger partial charge on any atom is -0.378 e. The van der Waals surface area contributed by atoms with Gasteiger partial charge in [0.25, 0.3) is 0 Å². The molecule has 0 saturated carbocycles. The van der Waals surface area contributed by atoms with Crippen LogP contribution in [0.1, 0.15) is 0 Å². The Balaban J connectivity index is 2.09. The van der Waals surface area contributed by atoms with Crippen molar-refractivity contribution in [2.24, 2.45) is 0 Å². The maximum atomic E-state index is 11.0. The van der Waals surface area contributed by atoms with Gasteiger partial charge in [-0.3, -0.25) is 10.1 Å². The van der Waals surface area contributed by atoms with Crippen molar-refractivity contribution in [3.8, 4) is 11.4 Å². The van der Waals surface area contributed by atoms with Crippen LogP contribution in [0.4, 0.5) is 11.4 Å². The summed E-state index contributed by atoms with van der Waals surface area (Å²) in [5, 5.41) is 15.3. The maximum absolute atomic E-state index is 11.0. The molecule has 1 aromatic carbocycles.